The Labute approximate surface area is 221 Å². The van der Waals surface area contributed by atoms with Crippen molar-refractivity contribution in [2.75, 3.05) is 18.4 Å². The van der Waals surface area contributed by atoms with Gasteiger partial charge in [-0.2, -0.15) is 5.10 Å². The number of anilines is 1. The van der Waals surface area contributed by atoms with Gasteiger partial charge >= 0.3 is 0 Å². The van der Waals surface area contributed by atoms with E-state index in [9.17, 15) is 19.2 Å². The van der Waals surface area contributed by atoms with Crippen molar-refractivity contribution in [1.82, 2.24) is 30.4 Å². The van der Waals surface area contributed by atoms with E-state index in [0.717, 1.165) is 36.9 Å². The van der Waals surface area contributed by atoms with Crippen molar-refractivity contribution in [3.05, 3.63) is 47.2 Å². The van der Waals surface area contributed by atoms with Crippen LogP contribution < -0.4 is 16.0 Å². The lowest BCUT2D eigenvalue weighted by atomic mass is 9.95. The fourth-order valence-corrected chi connectivity index (χ4v) is 5.30. The molecule has 2 aromatic rings. The minimum atomic E-state index is -0.787. The quantitative estimate of drug-likeness (QED) is 0.485. The van der Waals surface area contributed by atoms with Crippen LogP contribution in [0.15, 0.2) is 30.3 Å². The monoisotopic (exact) mass is 521 g/mol. The number of nitrogens with zero attached hydrogens (tertiary/aromatic N) is 4. The number of rotatable bonds is 8. The van der Waals surface area contributed by atoms with E-state index in [0.29, 0.717) is 18.9 Å². The number of hydrazine groups is 1. The maximum Gasteiger partial charge on any atom is 0.272 e. The molecule has 2 fully saturated rings. The van der Waals surface area contributed by atoms with E-state index in [-0.39, 0.29) is 47.7 Å². The average Bonchev–Trinajstić information content (AvgIpc) is 3.52. The van der Waals surface area contributed by atoms with Gasteiger partial charge in [-0.15, -0.1) is 0 Å². The number of benzene rings is 1. The SMILES string of the molecule is CC(C)NC(=O)c1cc(NC(=O)C[C@H](C(=O)N[C@@H]2C(=O)N3CCCN3Cc3ccccc32)C2CC2)n(C)n1. The molecule has 11 nitrogen and oxygen atoms in total. The zero-order valence-corrected chi connectivity index (χ0v) is 22.1. The molecular formula is C27H35N7O4. The Bertz CT molecular complexity index is 1250. The first-order chi connectivity index (χ1) is 18.2. The number of amides is 4. The molecule has 1 saturated carbocycles. The molecule has 5 rings (SSSR count). The van der Waals surface area contributed by atoms with E-state index < -0.39 is 12.0 Å². The van der Waals surface area contributed by atoms with Gasteiger partial charge in [0.1, 0.15) is 11.9 Å². The molecule has 202 valence electrons. The van der Waals surface area contributed by atoms with Gasteiger partial charge in [-0.05, 0) is 50.2 Å². The Morgan fingerprint density at radius 2 is 1.89 bits per heavy atom. The van der Waals surface area contributed by atoms with Crippen LogP contribution in [0, 0.1) is 11.8 Å². The largest absolute Gasteiger partial charge is 0.348 e. The molecule has 1 aliphatic carbocycles. The minimum absolute atomic E-state index is 0.0202. The van der Waals surface area contributed by atoms with Gasteiger partial charge in [0.2, 0.25) is 11.8 Å². The first kappa shape index (κ1) is 25.9. The Morgan fingerprint density at radius 3 is 2.63 bits per heavy atom. The van der Waals surface area contributed by atoms with E-state index in [1.54, 1.807) is 12.1 Å². The van der Waals surface area contributed by atoms with Crippen LogP contribution in [0.5, 0.6) is 0 Å². The summed E-state index contributed by atoms with van der Waals surface area (Å²) in [6, 6.07) is 8.42. The topological polar surface area (TPSA) is 129 Å². The van der Waals surface area contributed by atoms with Crippen LogP contribution in [0.25, 0.3) is 0 Å². The van der Waals surface area contributed by atoms with Gasteiger partial charge in [-0.3, -0.25) is 28.9 Å². The molecule has 4 amide bonds. The standard InChI is InChI=1S/C27H35N7O4/c1-16(2)28-26(37)21-14-22(32(3)31-21)29-23(35)13-20(17-9-10-17)25(36)30-24-19-8-5-4-7-18(19)15-33-11-6-12-34(33)27(24)38/h4-5,7-8,14,16-17,20,24H,6,9-13,15H2,1-3H3,(H,28,37)(H,29,35)(H,30,36)/t20-,24-/m0/s1. The summed E-state index contributed by atoms with van der Waals surface area (Å²) in [5.74, 6) is -1.16. The second-order valence-corrected chi connectivity index (χ2v) is 10.7. The lowest BCUT2D eigenvalue weighted by Crippen LogP contribution is -2.47. The molecule has 3 aliphatic rings. The highest BCUT2D eigenvalue weighted by molar-refractivity contribution is 5.97. The number of carbonyl (C=O) groups excluding carboxylic acids is 4. The van der Waals surface area contributed by atoms with E-state index in [4.69, 9.17) is 0 Å². The fraction of sp³-hybridized carbons (Fsp3) is 0.519. The molecule has 2 aliphatic heterocycles. The zero-order valence-electron chi connectivity index (χ0n) is 22.1. The number of hydrogen-bond acceptors (Lipinski definition) is 6. The molecule has 2 atom stereocenters. The van der Waals surface area contributed by atoms with Gasteiger partial charge in [0, 0.05) is 51.1 Å². The second-order valence-electron chi connectivity index (χ2n) is 10.7. The second kappa shape index (κ2) is 10.6. The Balaban J connectivity index is 1.29. The van der Waals surface area contributed by atoms with E-state index in [2.05, 4.69) is 21.0 Å². The Hall–Kier alpha value is -3.73. The summed E-state index contributed by atoms with van der Waals surface area (Å²) in [7, 11) is 1.64. The van der Waals surface area contributed by atoms with Crippen LogP contribution >= 0.6 is 0 Å². The highest BCUT2D eigenvalue weighted by Crippen LogP contribution is 2.39. The molecule has 0 unspecified atom stereocenters. The predicted octanol–water partition coefficient (Wildman–Crippen LogP) is 1.73. The van der Waals surface area contributed by atoms with Gasteiger partial charge in [-0.25, -0.2) is 5.01 Å². The summed E-state index contributed by atoms with van der Waals surface area (Å²) in [6.07, 6.45) is 2.61. The molecule has 11 heteroatoms. The fourth-order valence-electron chi connectivity index (χ4n) is 5.30. The number of hydrogen-bond donors (Lipinski definition) is 3. The zero-order chi connectivity index (χ0) is 27.0. The number of fused-ring (bicyclic) bond motifs is 2. The van der Waals surface area contributed by atoms with Crippen molar-refractivity contribution in [2.45, 2.75) is 58.2 Å². The molecule has 1 aromatic heterocycles. The maximum absolute atomic E-state index is 13.6. The number of aromatic nitrogens is 2. The predicted molar refractivity (Wildman–Crippen MR) is 139 cm³/mol. The van der Waals surface area contributed by atoms with Gasteiger partial charge in [-0.1, -0.05) is 24.3 Å². The Morgan fingerprint density at radius 1 is 1.13 bits per heavy atom. The van der Waals surface area contributed by atoms with Crippen LogP contribution in [0.2, 0.25) is 0 Å². The van der Waals surface area contributed by atoms with Gasteiger partial charge in [0.15, 0.2) is 5.69 Å². The van der Waals surface area contributed by atoms with Crippen molar-refractivity contribution < 1.29 is 19.2 Å². The molecule has 0 bridgehead atoms. The summed E-state index contributed by atoms with van der Waals surface area (Å²) in [5.41, 5.74) is 2.03. The van der Waals surface area contributed by atoms with Crippen molar-refractivity contribution >= 4 is 29.4 Å². The van der Waals surface area contributed by atoms with E-state index in [1.807, 2.05) is 43.1 Å². The smallest absolute Gasteiger partial charge is 0.272 e. The first-order valence-corrected chi connectivity index (χ1v) is 13.3. The van der Waals surface area contributed by atoms with Crippen LogP contribution in [-0.2, 0) is 28.0 Å². The lowest BCUT2D eigenvalue weighted by Gasteiger charge is -2.28. The molecule has 1 aromatic carbocycles. The lowest BCUT2D eigenvalue weighted by molar-refractivity contribution is -0.148. The van der Waals surface area contributed by atoms with Gasteiger partial charge < -0.3 is 16.0 Å². The normalized spacial score (nSPS) is 19.9. The Kier molecular flexibility index (Phi) is 7.20. The average molecular weight is 522 g/mol. The van der Waals surface area contributed by atoms with Gasteiger partial charge in [0.05, 0.1) is 0 Å². The van der Waals surface area contributed by atoms with E-state index in [1.165, 1.54) is 10.7 Å². The number of carbonyl (C=O) groups is 4. The van der Waals surface area contributed by atoms with E-state index >= 15 is 0 Å². The maximum atomic E-state index is 13.6. The third-order valence-corrected chi connectivity index (χ3v) is 7.37. The van der Waals surface area contributed by atoms with Crippen LogP contribution in [0.1, 0.15) is 67.2 Å². The molecule has 3 N–H and O–H groups in total. The molecule has 1 saturated heterocycles. The summed E-state index contributed by atoms with van der Waals surface area (Å²) in [4.78, 5) is 52.4. The van der Waals surface area contributed by atoms with Crippen molar-refractivity contribution in [1.29, 1.82) is 0 Å². The minimum Gasteiger partial charge on any atom is -0.348 e. The molecule has 3 heterocycles. The van der Waals surface area contributed by atoms with Gasteiger partial charge in [0.25, 0.3) is 11.8 Å². The summed E-state index contributed by atoms with van der Waals surface area (Å²) < 4.78 is 1.43. The highest BCUT2D eigenvalue weighted by Gasteiger charge is 2.42. The van der Waals surface area contributed by atoms with Crippen LogP contribution in [-0.4, -0.2) is 62.6 Å². The molecule has 0 spiro atoms. The summed E-state index contributed by atoms with van der Waals surface area (Å²) in [5, 5.41) is 16.6. The molecular weight excluding hydrogens is 486 g/mol. The number of nitrogens with one attached hydrogen (secondary N) is 3. The summed E-state index contributed by atoms with van der Waals surface area (Å²) >= 11 is 0. The first-order valence-electron chi connectivity index (χ1n) is 13.3. The summed E-state index contributed by atoms with van der Waals surface area (Å²) in [6.45, 7) is 5.78. The third kappa shape index (κ3) is 5.42. The molecule has 38 heavy (non-hydrogen) atoms. The van der Waals surface area contributed by atoms with Crippen molar-refractivity contribution in [3.63, 3.8) is 0 Å². The number of aryl methyl sites for hydroxylation is 1. The molecule has 0 radical (unpaired) electrons. The van der Waals surface area contributed by atoms with Crippen molar-refractivity contribution in [3.8, 4) is 0 Å². The third-order valence-electron chi connectivity index (χ3n) is 7.37. The van der Waals surface area contributed by atoms with Crippen molar-refractivity contribution in [2.24, 2.45) is 18.9 Å². The van der Waals surface area contributed by atoms with Crippen LogP contribution in [0.4, 0.5) is 5.82 Å². The van der Waals surface area contributed by atoms with Crippen LogP contribution in [0.3, 0.4) is 0 Å². The highest BCUT2D eigenvalue weighted by atomic mass is 16.2.